The predicted molar refractivity (Wildman–Crippen MR) is 90.6 cm³/mol. The first-order valence-corrected chi connectivity index (χ1v) is 8.34. The van der Waals surface area contributed by atoms with Gasteiger partial charge >= 0.3 is 5.97 Å². The molecule has 2 aliphatic heterocycles. The van der Waals surface area contributed by atoms with Crippen LogP contribution in [0.1, 0.15) is 32.8 Å². The molecule has 0 saturated carbocycles. The average molecular weight is 348 g/mol. The highest BCUT2D eigenvalue weighted by Gasteiger charge is 2.65. The molecule has 0 bridgehead atoms. The molecule has 1 saturated heterocycles. The minimum Gasteiger partial charge on any atom is -0.467 e. The second-order valence-corrected chi connectivity index (χ2v) is 6.62. The smallest absolute Gasteiger partial charge is 0.328 e. The van der Waals surface area contributed by atoms with Crippen molar-refractivity contribution in [2.24, 2.45) is 0 Å². The van der Waals surface area contributed by atoms with E-state index in [2.05, 4.69) is 0 Å². The molecular formula is C18H24N2O5. The molecule has 1 fully saturated rings. The summed E-state index contributed by atoms with van der Waals surface area (Å²) in [6, 6.07) is 6.99. The molecule has 1 aromatic carbocycles. The van der Waals surface area contributed by atoms with Crippen molar-refractivity contribution in [3.8, 4) is 0 Å². The number of hydrogen-bond acceptors (Lipinski definition) is 6. The zero-order chi connectivity index (χ0) is 18.4. The highest BCUT2D eigenvalue weighted by molar-refractivity contribution is 5.86. The Morgan fingerprint density at radius 1 is 1.24 bits per heavy atom. The fourth-order valence-corrected chi connectivity index (χ4v) is 4.11. The van der Waals surface area contributed by atoms with Crippen LogP contribution in [0.4, 0.5) is 5.69 Å². The van der Waals surface area contributed by atoms with Crippen LogP contribution in [0, 0.1) is 0 Å². The van der Waals surface area contributed by atoms with Crippen LogP contribution in [0.3, 0.4) is 0 Å². The van der Waals surface area contributed by atoms with Crippen molar-refractivity contribution in [2.45, 2.75) is 51.1 Å². The van der Waals surface area contributed by atoms with Gasteiger partial charge in [0.25, 0.3) is 0 Å². The Morgan fingerprint density at radius 3 is 2.48 bits per heavy atom. The monoisotopic (exact) mass is 348 g/mol. The summed E-state index contributed by atoms with van der Waals surface area (Å²) in [5.41, 5.74) is 0.893. The lowest BCUT2D eigenvalue weighted by molar-refractivity contribution is -0.153. The van der Waals surface area contributed by atoms with E-state index < -0.39 is 23.8 Å². The minimum absolute atomic E-state index is 0.0995. The molecule has 136 valence electrons. The Morgan fingerprint density at radius 2 is 1.92 bits per heavy atom. The van der Waals surface area contributed by atoms with Gasteiger partial charge in [-0.25, -0.2) is 9.86 Å². The van der Waals surface area contributed by atoms with E-state index in [4.69, 9.17) is 14.3 Å². The number of hydroxylamine groups is 1. The lowest BCUT2D eigenvalue weighted by Crippen LogP contribution is -2.54. The van der Waals surface area contributed by atoms with Gasteiger partial charge < -0.3 is 14.4 Å². The third kappa shape index (κ3) is 2.49. The van der Waals surface area contributed by atoms with Gasteiger partial charge in [0.2, 0.25) is 5.91 Å². The van der Waals surface area contributed by atoms with Crippen LogP contribution in [0.5, 0.6) is 0 Å². The molecule has 1 amide bonds. The molecule has 0 radical (unpaired) electrons. The van der Waals surface area contributed by atoms with Crippen molar-refractivity contribution in [3.05, 3.63) is 29.8 Å². The number of nitrogens with zero attached hydrogens (tertiary/aromatic N) is 2. The van der Waals surface area contributed by atoms with Gasteiger partial charge in [0.15, 0.2) is 6.17 Å². The Hall–Kier alpha value is -2.12. The van der Waals surface area contributed by atoms with Gasteiger partial charge in [-0.3, -0.25) is 9.63 Å². The van der Waals surface area contributed by atoms with Crippen molar-refractivity contribution >= 4 is 17.6 Å². The van der Waals surface area contributed by atoms with E-state index >= 15 is 0 Å². The lowest BCUT2D eigenvalue weighted by atomic mass is 9.90. The van der Waals surface area contributed by atoms with Crippen LogP contribution in [0.2, 0.25) is 0 Å². The molecule has 7 nitrogen and oxygen atoms in total. The molecule has 0 spiro atoms. The molecule has 0 N–H and O–H groups in total. The third-order valence-electron chi connectivity index (χ3n) is 4.81. The van der Waals surface area contributed by atoms with Crippen molar-refractivity contribution in [3.63, 3.8) is 0 Å². The number of rotatable bonds is 4. The second kappa shape index (κ2) is 6.31. The maximum Gasteiger partial charge on any atom is 0.328 e. The number of hydrogen-bond donors (Lipinski definition) is 0. The van der Waals surface area contributed by atoms with Gasteiger partial charge in [-0.05, 0) is 19.9 Å². The fraction of sp³-hybridized carbons (Fsp3) is 0.556. The molecule has 3 rings (SSSR count). The molecule has 1 aromatic rings. The molecule has 25 heavy (non-hydrogen) atoms. The Kier molecular flexibility index (Phi) is 4.47. The fourth-order valence-electron chi connectivity index (χ4n) is 4.11. The molecule has 0 aliphatic carbocycles. The number of esters is 1. The van der Waals surface area contributed by atoms with Crippen LogP contribution in [-0.2, 0) is 29.5 Å². The summed E-state index contributed by atoms with van der Waals surface area (Å²) in [5, 5.41) is 1.65. The molecule has 2 heterocycles. The number of methoxy groups -OCH3 is 1. The number of fused-ring (bicyclic) bond motifs is 3. The number of para-hydroxylation sites is 1. The Bertz CT molecular complexity index is 692. The van der Waals surface area contributed by atoms with E-state index in [-0.39, 0.29) is 12.0 Å². The molecule has 3 atom stereocenters. The lowest BCUT2D eigenvalue weighted by Gasteiger charge is -2.37. The van der Waals surface area contributed by atoms with Crippen molar-refractivity contribution in [2.75, 3.05) is 19.3 Å². The summed E-state index contributed by atoms with van der Waals surface area (Å²) in [4.78, 5) is 31.9. The van der Waals surface area contributed by atoms with Gasteiger partial charge in [-0.1, -0.05) is 18.2 Å². The van der Waals surface area contributed by atoms with E-state index in [0.717, 1.165) is 11.3 Å². The molecule has 0 aromatic heterocycles. The van der Waals surface area contributed by atoms with Crippen LogP contribution < -0.4 is 5.06 Å². The minimum atomic E-state index is -0.856. The molecule has 2 aliphatic rings. The zero-order valence-electron chi connectivity index (χ0n) is 15.2. The summed E-state index contributed by atoms with van der Waals surface area (Å²) in [5.74, 6) is -0.686. The first kappa shape index (κ1) is 17.7. The number of anilines is 1. The Balaban J connectivity index is 2.20. The first-order valence-electron chi connectivity index (χ1n) is 8.34. The molecule has 0 unspecified atom stereocenters. The van der Waals surface area contributed by atoms with E-state index in [1.54, 1.807) is 12.2 Å². The summed E-state index contributed by atoms with van der Waals surface area (Å²) >= 11 is 0. The van der Waals surface area contributed by atoms with Crippen LogP contribution in [-0.4, -0.2) is 49.3 Å². The maximum atomic E-state index is 12.4. The maximum absolute atomic E-state index is 12.4. The van der Waals surface area contributed by atoms with Crippen LogP contribution >= 0.6 is 0 Å². The number of benzene rings is 1. The molecule has 7 heteroatoms. The standard InChI is InChI=1S/C18H24N2O5/c1-11(2)25-18-10-15(16(22)23-4)19(12(3)21)17(18)20(24-5)14-9-7-6-8-13(14)18/h6-9,11,15,17H,10H2,1-5H3/t15-,17+,18+/m0/s1. The largest absolute Gasteiger partial charge is 0.467 e. The average Bonchev–Trinajstić information content (AvgIpc) is 3.02. The first-order chi connectivity index (χ1) is 11.9. The van der Waals surface area contributed by atoms with Crippen molar-refractivity contribution < 1.29 is 23.9 Å². The van der Waals surface area contributed by atoms with E-state index in [0.29, 0.717) is 6.42 Å². The Labute approximate surface area is 147 Å². The van der Waals surface area contributed by atoms with Crippen molar-refractivity contribution in [1.29, 1.82) is 0 Å². The summed E-state index contributed by atoms with van der Waals surface area (Å²) in [7, 11) is 2.87. The van der Waals surface area contributed by atoms with E-state index in [1.807, 2.05) is 38.1 Å². The number of carbonyl (C=O) groups is 2. The van der Waals surface area contributed by atoms with Gasteiger partial charge in [0.05, 0.1) is 26.0 Å². The summed E-state index contributed by atoms with van der Waals surface area (Å²) in [6.07, 6.45) is -0.352. The highest BCUT2D eigenvalue weighted by Crippen LogP contribution is 2.55. The zero-order valence-corrected chi connectivity index (χ0v) is 15.2. The number of carbonyl (C=O) groups excluding carboxylic acids is 2. The summed E-state index contributed by atoms with van der Waals surface area (Å²) in [6.45, 7) is 5.32. The van der Waals surface area contributed by atoms with Gasteiger partial charge in [-0.15, -0.1) is 0 Å². The van der Waals surface area contributed by atoms with Gasteiger partial charge in [0.1, 0.15) is 11.6 Å². The topological polar surface area (TPSA) is 68.3 Å². The van der Waals surface area contributed by atoms with E-state index in [1.165, 1.54) is 18.9 Å². The second-order valence-electron chi connectivity index (χ2n) is 6.62. The number of amides is 1. The third-order valence-corrected chi connectivity index (χ3v) is 4.81. The SMILES string of the molecule is COC(=O)[C@@H]1C[C@@]2(OC(C)C)c3ccccc3N(OC)[C@H]2N1C(C)=O. The normalized spacial score (nSPS) is 27.4. The van der Waals surface area contributed by atoms with Crippen LogP contribution in [0.15, 0.2) is 24.3 Å². The van der Waals surface area contributed by atoms with Gasteiger partial charge in [-0.2, -0.15) is 0 Å². The van der Waals surface area contributed by atoms with Crippen LogP contribution in [0.25, 0.3) is 0 Å². The van der Waals surface area contributed by atoms with Crippen molar-refractivity contribution in [1.82, 2.24) is 4.90 Å². The highest BCUT2D eigenvalue weighted by atomic mass is 16.7. The van der Waals surface area contributed by atoms with E-state index in [9.17, 15) is 9.59 Å². The van der Waals surface area contributed by atoms with Gasteiger partial charge in [0, 0.05) is 18.9 Å². The summed E-state index contributed by atoms with van der Waals surface area (Å²) < 4.78 is 11.3. The number of ether oxygens (including phenoxy) is 2. The quantitative estimate of drug-likeness (QED) is 0.773. The molecular weight excluding hydrogens is 324 g/mol. The number of likely N-dealkylation sites (tertiary alicyclic amines) is 1. The predicted octanol–water partition coefficient (Wildman–Crippen LogP) is 1.81.